The molecular formula is C26H31N3O6S. The Balaban J connectivity index is 1.94. The topological polar surface area (TPSA) is 131 Å². The van der Waals surface area contributed by atoms with Gasteiger partial charge in [0.1, 0.15) is 5.75 Å². The maximum Gasteiger partial charge on any atom is 0.337 e. The van der Waals surface area contributed by atoms with Gasteiger partial charge in [0.25, 0.3) is 10.0 Å². The zero-order valence-corrected chi connectivity index (χ0v) is 21.8. The Morgan fingerprint density at radius 3 is 2.64 bits per heavy atom. The summed E-state index contributed by atoms with van der Waals surface area (Å²) in [7, 11) is -3.97. The number of aromatic amines is 1. The van der Waals surface area contributed by atoms with E-state index in [2.05, 4.69) is 14.7 Å². The van der Waals surface area contributed by atoms with Crippen LogP contribution in [0.4, 0.5) is 5.69 Å². The lowest BCUT2D eigenvalue weighted by molar-refractivity contribution is -0.160. The number of rotatable bonds is 7. The number of aryl methyl sites for hydroxylation is 2. The van der Waals surface area contributed by atoms with Crippen molar-refractivity contribution in [3.05, 3.63) is 59.0 Å². The van der Waals surface area contributed by atoms with Crippen molar-refractivity contribution in [1.29, 1.82) is 0 Å². The molecule has 2 aromatic carbocycles. The van der Waals surface area contributed by atoms with Gasteiger partial charge in [0.05, 0.1) is 30.4 Å². The first-order chi connectivity index (χ1) is 16.9. The zero-order valence-electron chi connectivity index (χ0n) is 21.0. The van der Waals surface area contributed by atoms with Gasteiger partial charge in [-0.3, -0.25) is 4.72 Å². The summed E-state index contributed by atoms with van der Waals surface area (Å²) in [6.07, 6.45) is 2.92. The van der Waals surface area contributed by atoms with Crippen LogP contribution in [0.3, 0.4) is 0 Å². The molecule has 0 fully saturated rings. The fourth-order valence-electron chi connectivity index (χ4n) is 4.45. The number of aromatic nitrogens is 2. The molecule has 0 aliphatic carbocycles. The van der Waals surface area contributed by atoms with Gasteiger partial charge in [-0.1, -0.05) is 6.07 Å². The number of hydrogen-bond donors (Lipinski definition) is 3. The molecule has 1 aliphatic rings. The second kappa shape index (κ2) is 9.59. The smallest absolute Gasteiger partial charge is 0.337 e. The van der Waals surface area contributed by atoms with Crippen molar-refractivity contribution >= 4 is 21.7 Å². The number of benzene rings is 2. The highest BCUT2D eigenvalue weighted by Gasteiger charge is 2.33. The predicted octanol–water partition coefficient (Wildman–Crippen LogP) is 4.76. The molecule has 0 amide bonds. The molecule has 3 N–H and O–H groups in total. The van der Waals surface area contributed by atoms with Gasteiger partial charge < -0.3 is 19.6 Å². The molecule has 1 atom stereocenters. The van der Waals surface area contributed by atoms with E-state index >= 15 is 0 Å². The summed E-state index contributed by atoms with van der Waals surface area (Å²) in [6.45, 7) is 9.55. The number of anilines is 1. The highest BCUT2D eigenvalue weighted by Crippen LogP contribution is 2.42. The predicted molar refractivity (Wildman–Crippen MR) is 136 cm³/mol. The van der Waals surface area contributed by atoms with Crippen LogP contribution < -0.4 is 9.46 Å². The molecule has 1 unspecified atom stereocenters. The highest BCUT2D eigenvalue weighted by atomic mass is 32.2. The lowest BCUT2D eigenvalue weighted by Gasteiger charge is -2.30. The molecule has 4 rings (SSSR count). The van der Waals surface area contributed by atoms with Crippen LogP contribution in [0.5, 0.6) is 5.75 Å². The first kappa shape index (κ1) is 25.7. The number of sulfonamides is 1. The first-order valence-corrected chi connectivity index (χ1v) is 13.2. The number of aliphatic carboxylic acids is 1. The summed E-state index contributed by atoms with van der Waals surface area (Å²) in [6, 6.07) is 7.54. The standard InChI is InChI=1S/C26H31N3O6S/c1-15-11-19(29-36(32,33)21-13-27-14-28-21)16(2)23(24(25(30)31)35-26(3,4)5)22(15)18-8-9-20-17(12-18)7-6-10-34-20/h8-9,11-14,24,29H,6-7,10H2,1-5H3,(H,27,28)(H,30,31). The lowest BCUT2D eigenvalue weighted by Crippen LogP contribution is -2.28. The minimum atomic E-state index is -3.97. The van der Waals surface area contributed by atoms with Crippen LogP contribution in [0.15, 0.2) is 41.8 Å². The molecule has 1 aliphatic heterocycles. The number of carboxylic acid groups (broad SMARTS) is 1. The van der Waals surface area contributed by atoms with E-state index in [-0.39, 0.29) is 10.7 Å². The molecule has 9 nitrogen and oxygen atoms in total. The first-order valence-electron chi connectivity index (χ1n) is 11.7. The Bertz CT molecular complexity index is 1390. The number of nitrogens with one attached hydrogen (secondary N) is 2. The van der Waals surface area contributed by atoms with Crippen LogP contribution in [0.25, 0.3) is 11.1 Å². The molecule has 0 spiro atoms. The third kappa shape index (κ3) is 5.24. The van der Waals surface area contributed by atoms with Crippen LogP contribution in [0.1, 0.15) is 55.5 Å². The molecule has 2 heterocycles. The second-order valence-electron chi connectivity index (χ2n) is 9.90. The van der Waals surface area contributed by atoms with Crippen molar-refractivity contribution in [3.8, 4) is 16.9 Å². The zero-order chi connectivity index (χ0) is 26.3. The lowest BCUT2D eigenvalue weighted by atomic mass is 9.86. The summed E-state index contributed by atoms with van der Waals surface area (Å²) in [4.78, 5) is 18.9. The van der Waals surface area contributed by atoms with Crippen molar-refractivity contribution in [3.63, 3.8) is 0 Å². The third-order valence-corrected chi connectivity index (χ3v) is 7.29. The van der Waals surface area contributed by atoms with E-state index in [9.17, 15) is 18.3 Å². The molecule has 10 heteroatoms. The number of carbonyl (C=O) groups is 1. The fraction of sp³-hybridized carbons (Fsp3) is 0.385. The van der Waals surface area contributed by atoms with Gasteiger partial charge in [0.2, 0.25) is 0 Å². The Morgan fingerprint density at radius 1 is 1.25 bits per heavy atom. The van der Waals surface area contributed by atoms with Crippen LogP contribution in [-0.4, -0.2) is 41.7 Å². The number of ether oxygens (including phenoxy) is 2. The average Bonchev–Trinajstić information content (AvgIpc) is 3.35. The maximum atomic E-state index is 12.9. The van der Waals surface area contributed by atoms with E-state index in [1.165, 1.54) is 12.5 Å². The molecule has 0 radical (unpaired) electrons. The van der Waals surface area contributed by atoms with Gasteiger partial charge in [-0.15, -0.1) is 0 Å². The number of imidazole rings is 1. The summed E-state index contributed by atoms with van der Waals surface area (Å²) in [5.41, 5.74) is 3.64. The Hall–Kier alpha value is -3.37. The van der Waals surface area contributed by atoms with Crippen LogP contribution in [0.2, 0.25) is 0 Å². The van der Waals surface area contributed by atoms with Gasteiger partial charge in [-0.2, -0.15) is 8.42 Å². The average molecular weight is 514 g/mol. The molecule has 3 aromatic rings. The van der Waals surface area contributed by atoms with Crippen molar-refractivity contribution < 1.29 is 27.8 Å². The molecule has 0 saturated carbocycles. The van der Waals surface area contributed by atoms with E-state index in [1.54, 1.807) is 33.8 Å². The quantitative estimate of drug-likeness (QED) is 0.415. The maximum absolute atomic E-state index is 12.9. The fourth-order valence-corrected chi connectivity index (χ4v) is 5.47. The monoisotopic (exact) mass is 513 g/mol. The van der Waals surface area contributed by atoms with Gasteiger partial charge in [-0.25, -0.2) is 9.78 Å². The van der Waals surface area contributed by atoms with Gasteiger partial charge in [-0.05, 0) is 93.5 Å². The molecule has 192 valence electrons. The van der Waals surface area contributed by atoms with Crippen LogP contribution in [-0.2, 0) is 26.0 Å². The minimum Gasteiger partial charge on any atom is -0.493 e. The molecule has 36 heavy (non-hydrogen) atoms. The number of carboxylic acids is 1. The van der Waals surface area contributed by atoms with Crippen molar-refractivity contribution in [1.82, 2.24) is 9.97 Å². The van der Waals surface area contributed by atoms with E-state index in [1.807, 2.05) is 25.1 Å². The minimum absolute atomic E-state index is 0.0967. The van der Waals surface area contributed by atoms with Crippen LogP contribution >= 0.6 is 0 Å². The molecule has 1 aromatic heterocycles. The summed E-state index contributed by atoms with van der Waals surface area (Å²) >= 11 is 0. The number of hydrogen-bond acceptors (Lipinski definition) is 6. The van der Waals surface area contributed by atoms with Gasteiger partial charge in [0.15, 0.2) is 11.1 Å². The number of nitrogens with zero attached hydrogens (tertiary/aromatic N) is 1. The normalized spacial score (nSPS) is 14.6. The van der Waals surface area contributed by atoms with Crippen molar-refractivity contribution in [2.75, 3.05) is 11.3 Å². The Morgan fingerprint density at radius 2 is 2.00 bits per heavy atom. The van der Waals surface area contributed by atoms with Gasteiger partial charge in [0, 0.05) is 5.56 Å². The Labute approximate surface area is 210 Å². The third-order valence-electron chi connectivity index (χ3n) is 5.99. The largest absolute Gasteiger partial charge is 0.493 e. The van der Waals surface area contributed by atoms with Crippen molar-refractivity contribution in [2.45, 2.75) is 64.2 Å². The Kier molecular flexibility index (Phi) is 6.85. The van der Waals surface area contributed by atoms with Gasteiger partial charge >= 0.3 is 5.97 Å². The number of fused-ring (bicyclic) bond motifs is 1. The summed E-state index contributed by atoms with van der Waals surface area (Å²) in [5.74, 6) is -0.339. The summed E-state index contributed by atoms with van der Waals surface area (Å²) in [5, 5.41) is 10.1. The van der Waals surface area contributed by atoms with Crippen LogP contribution in [0, 0.1) is 13.8 Å². The van der Waals surface area contributed by atoms with Crippen molar-refractivity contribution in [2.24, 2.45) is 0 Å². The molecular weight excluding hydrogens is 482 g/mol. The molecule has 0 bridgehead atoms. The summed E-state index contributed by atoms with van der Waals surface area (Å²) < 4.78 is 40.3. The molecule has 0 saturated heterocycles. The highest BCUT2D eigenvalue weighted by molar-refractivity contribution is 7.92. The second-order valence-corrected chi connectivity index (χ2v) is 11.5. The van der Waals surface area contributed by atoms with E-state index in [4.69, 9.17) is 9.47 Å². The number of H-pyrrole nitrogens is 1. The van der Waals surface area contributed by atoms with E-state index in [0.29, 0.717) is 28.9 Å². The van der Waals surface area contributed by atoms with E-state index in [0.717, 1.165) is 29.7 Å². The van der Waals surface area contributed by atoms with E-state index < -0.39 is 27.7 Å². The SMILES string of the molecule is Cc1cc(NS(=O)(=O)c2cnc[nH]2)c(C)c(C(OC(C)(C)C)C(=O)O)c1-c1ccc2c(c1)CCCO2.